The topological polar surface area (TPSA) is 71.3 Å². The highest BCUT2D eigenvalue weighted by molar-refractivity contribution is 5.84. The number of carbonyl (C=O) groups is 2. The molecule has 0 aliphatic heterocycles. The zero-order valence-electron chi connectivity index (χ0n) is 10.4. The molecule has 94 valence electrons. The predicted octanol–water partition coefficient (Wildman–Crippen LogP) is 1.68. The summed E-state index contributed by atoms with van der Waals surface area (Å²) in [5, 5.41) is 8.60. The molecule has 1 aromatic heterocycles. The van der Waals surface area contributed by atoms with Crippen LogP contribution in [0, 0.1) is 19.8 Å². The SMILES string of the molecule is Cc1ccc(C)n1NC(=O)CC(C)CC(=O)O. The highest BCUT2D eigenvalue weighted by Crippen LogP contribution is 2.09. The smallest absolute Gasteiger partial charge is 0.303 e. The van der Waals surface area contributed by atoms with Crippen LogP contribution in [0.1, 0.15) is 31.2 Å². The molecule has 0 saturated heterocycles. The molecule has 1 amide bonds. The quantitative estimate of drug-likeness (QED) is 0.819. The van der Waals surface area contributed by atoms with Crippen LogP contribution in [0.5, 0.6) is 0 Å². The number of hydrogen-bond donors (Lipinski definition) is 2. The van der Waals surface area contributed by atoms with Gasteiger partial charge in [-0.2, -0.15) is 0 Å². The van der Waals surface area contributed by atoms with E-state index in [0.717, 1.165) is 11.4 Å². The van der Waals surface area contributed by atoms with Gasteiger partial charge in [0.2, 0.25) is 5.91 Å². The van der Waals surface area contributed by atoms with Gasteiger partial charge in [0.05, 0.1) is 0 Å². The van der Waals surface area contributed by atoms with Crippen LogP contribution >= 0.6 is 0 Å². The maximum Gasteiger partial charge on any atom is 0.303 e. The van der Waals surface area contributed by atoms with Gasteiger partial charge in [-0.3, -0.25) is 19.7 Å². The number of carbonyl (C=O) groups excluding carboxylic acids is 1. The number of nitrogens with zero attached hydrogens (tertiary/aromatic N) is 1. The molecule has 0 aliphatic rings. The second-order valence-corrected chi connectivity index (χ2v) is 4.39. The van der Waals surface area contributed by atoms with Crippen LogP contribution in [0.2, 0.25) is 0 Å². The fourth-order valence-electron chi connectivity index (χ4n) is 1.70. The fraction of sp³-hybridized carbons (Fsp3) is 0.500. The normalized spacial score (nSPS) is 12.2. The minimum atomic E-state index is -0.876. The van der Waals surface area contributed by atoms with E-state index in [2.05, 4.69) is 5.43 Å². The second-order valence-electron chi connectivity index (χ2n) is 4.39. The summed E-state index contributed by atoms with van der Waals surface area (Å²) in [7, 11) is 0. The van der Waals surface area contributed by atoms with Crippen molar-refractivity contribution >= 4 is 11.9 Å². The average Bonchev–Trinajstić information content (AvgIpc) is 2.47. The van der Waals surface area contributed by atoms with E-state index in [9.17, 15) is 9.59 Å². The molecule has 0 spiro atoms. The summed E-state index contributed by atoms with van der Waals surface area (Å²) in [6, 6.07) is 3.83. The van der Waals surface area contributed by atoms with Gasteiger partial charge in [0.25, 0.3) is 0 Å². The summed E-state index contributed by atoms with van der Waals surface area (Å²) >= 11 is 0. The maximum absolute atomic E-state index is 11.7. The first kappa shape index (κ1) is 13.3. The highest BCUT2D eigenvalue weighted by Gasteiger charge is 2.13. The van der Waals surface area contributed by atoms with Gasteiger partial charge in [-0.15, -0.1) is 0 Å². The first-order valence-corrected chi connectivity index (χ1v) is 5.56. The summed E-state index contributed by atoms with van der Waals surface area (Å²) in [6.45, 7) is 5.55. The number of nitrogens with one attached hydrogen (secondary N) is 1. The van der Waals surface area contributed by atoms with Gasteiger partial charge in [0, 0.05) is 24.2 Å². The summed E-state index contributed by atoms with van der Waals surface area (Å²) in [4.78, 5) is 22.2. The van der Waals surface area contributed by atoms with E-state index in [4.69, 9.17) is 5.11 Å². The Morgan fingerprint density at radius 3 is 2.29 bits per heavy atom. The van der Waals surface area contributed by atoms with Gasteiger partial charge >= 0.3 is 5.97 Å². The number of carboxylic acids is 1. The minimum Gasteiger partial charge on any atom is -0.481 e. The average molecular weight is 238 g/mol. The molecule has 1 atom stereocenters. The van der Waals surface area contributed by atoms with E-state index < -0.39 is 5.97 Å². The molecular weight excluding hydrogens is 220 g/mol. The molecule has 0 radical (unpaired) electrons. The number of aromatic nitrogens is 1. The molecule has 0 aromatic carbocycles. The Morgan fingerprint density at radius 2 is 1.82 bits per heavy atom. The summed E-state index contributed by atoms with van der Waals surface area (Å²) < 4.78 is 1.70. The molecule has 1 unspecified atom stereocenters. The van der Waals surface area contributed by atoms with Crippen LogP contribution in [-0.2, 0) is 9.59 Å². The van der Waals surface area contributed by atoms with Crippen molar-refractivity contribution in [1.29, 1.82) is 0 Å². The van der Waals surface area contributed by atoms with E-state index in [0.29, 0.717) is 0 Å². The standard InChI is InChI=1S/C12H18N2O3/c1-8(7-12(16)17)6-11(15)13-14-9(2)4-5-10(14)3/h4-5,8H,6-7H2,1-3H3,(H,13,15)(H,16,17). The van der Waals surface area contributed by atoms with Crippen LogP contribution in [-0.4, -0.2) is 21.7 Å². The van der Waals surface area contributed by atoms with Crippen molar-refractivity contribution in [3.05, 3.63) is 23.5 Å². The molecular formula is C12H18N2O3. The predicted molar refractivity (Wildman–Crippen MR) is 64.3 cm³/mol. The van der Waals surface area contributed by atoms with Crippen LogP contribution in [0.4, 0.5) is 0 Å². The number of hydrogen-bond acceptors (Lipinski definition) is 2. The van der Waals surface area contributed by atoms with Crippen molar-refractivity contribution in [2.24, 2.45) is 5.92 Å². The van der Waals surface area contributed by atoms with Crippen molar-refractivity contribution in [2.45, 2.75) is 33.6 Å². The van der Waals surface area contributed by atoms with Gasteiger partial charge in [0.1, 0.15) is 0 Å². The van der Waals surface area contributed by atoms with Crippen LogP contribution in [0.3, 0.4) is 0 Å². The molecule has 0 bridgehead atoms. The lowest BCUT2D eigenvalue weighted by atomic mass is 10.0. The Labute approximate surface area is 100 Å². The van der Waals surface area contributed by atoms with Crippen LogP contribution in [0.25, 0.3) is 0 Å². The van der Waals surface area contributed by atoms with Crippen LogP contribution in [0.15, 0.2) is 12.1 Å². The van der Waals surface area contributed by atoms with Crippen molar-refractivity contribution in [3.63, 3.8) is 0 Å². The molecule has 5 heteroatoms. The van der Waals surface area contributed by atoms with Crippen molar-refractivity contribution < 1.29 is 14.7 Å². The summed E-state index contributed by atoms with van der Waals surface area (Å²) in [6.07, 6.45) is 0.223. The highest BCUT2D eigenvalue weighted by atomic mass is 16.4. The Kier molecular flexibility index (Phi) is 4.31. The van der Waals surface area contributed by atoms with E-state index in [1.807, 2.05) is 26.0 Å². The van der Waals surface area contributed by atoms with Crippen molar-refractivity contribution in [3.8, 4) is 0 Å². The van der Waals surface area contributed by atoms with Gasteiger partial charge in [-0.25, -0.2) is 0 Å². The monoisotopic (exact) mass is 238 g/mol. The van der Waals surface area contributed by atoms with Crippen molar-refractivity contribution in [2.75, 3.05) is 5.43 Å². The van der Waals surface area contributed by atoms with Gasteiger partial charge < -0.3 is 5.11 Å². The molecule has 5 nitrogen and oxygen atoms in total. The van der Waals surface area contributed by atoms with Gasteiger partial charge in [-0.1, -0.05) is 6.92 Å². The Balaban J connectivity index is 2.53. The number of carboxylic acid groups (broad SMARTS) is 1. The lowest BCUT2D eigenvalue weighted by Crippen LogP contribution is -2.26. The van der Waals surface area contributed by atoms with E-state index in [1.165, 1.54) is 0 Å². The lowest BCUT2D eigenvalue weighted by molar-refractivity contribution is -0.138. The molecule has 1 heterocycles. The van der Waals surface area contributed by atoms with E-state index >= 15 is 0 Å². The van der Waals surface area contributed by atoms with Crippen LogP contribution < -0.4 is 5.43 Å². The van der Waals surface area contributed by atoms with E-state index in [1.54, 1.807) is 11.6 Å². The molecule has 0 saturated carbocycles. The molecule has 1 rings (SSSR count). The Hall–Kier alpha value is -1.78. The largest absolute Gasteiger partial charge is 0.481 e. The molecule has 0 fully saturated rings. The number of aryl methyl sites for hydroxylation is 2. The number of rotatable bonds is 5. The number of amides is 1. The van der Waals surface area contributed by atoms with Gasteiger partial charge in [-0.05, 0) is 31.9 Å². The zero-order valence-corrected chi connectivity index (χ0v) is 10.4. The second kappa shape index (κ2) is 5.52. The third kappa shape index (κ3) is 3.94. The zero-order chi connectivity index (χ0) is 13.0. The number of aliphatic carboxylic acids is 1. The summed E-state index contributed by atoms with van der Waals surface area (Å²) in [5.74, 6) is -1.21. The lowest BCUT2D eigenvalue weighted by Gasteiger charge is -2.13. The Morgan fingerprint density at radius 1 is 1.29 bits per heavy atom. The third-order valence-corrected chi connectivity index (χ3v) is 2.56. The summed E-state index contributed by atoms with van der Waals surface area (Å²) in [5.41, 5.74) is 4.64. The first-order valence-electron chi connectivity index (χ1n) is 5.56. The van der Waals surface area contributed by atoms with Gasteiger partial charge in [0.15, 0.2) is 0 Å². The Bertz CT molecular complexity index is 404. The fourth-order valence-corrected chi connectivity index (χ4v) is 1.70. The third-order valence-electron chi connectivity index (χ3n) is 2.56. The molecule has 17 heavy (non-hydrogen) atoms. The first-order chi connectivity index (χ1) is 7.90. The molecule has 1 aromatic rings. The molecule has 2 N–H and O–H groups in total. The van der Waals surface area contributed by atoms with Crippen molar-refractivity contribution in [1.82, 2.24) is 4.68 Å². The molecule has 0 aliphatic carbocycles. The minimum absolute atomic E-state index is 0.0110. The maximum atomic E-state index is 11.7. The van der Waals surface area contributed by atoms with E-state index in [-0.39, 0.29) is 24.7 Å².